The van der Waals surface area contributed by atoms with E-state index in [0.29, 0.717) is 38.9 Å². The maximum absolute atomic E-state index is 13.3. The van der Waals surface area contributed by atoms with Crippen LogP contribution in [-0.2, 0) is 17.0 Å². The smallest absolute Gasteiger partial charge is 0.337 e. The van der Waals surface area contributed by atoms with Gasteiger partial charge in [0.05, 0.1) is 48.3 Å². The number of ether oxygens (including phenoxy) is 1. The zero-order valence-corrected chi connectivity index (χ0v) is 19.0. The van der Waals surface area contributed by atoms with Gasteiger partial charge in [-0.3, -0.25) is 9.36 Å². The monoisotopic (exact) mass is 479 g/mol. The second-order valence-corrected chi connectivity index (χ2v) is 8.80. The van der Waals surface area contributed by atoms with Crippen molar-refractivity contribution in [1.82, 2.24) is 14.5 Å². The third-order valence-corrected chi connectivity index (χ3v) is 6.78. The fraction of sp³-hybridized carbons (Fsp3) is 0.130. The van der Waals surface area contributed by atoms with Crippen LogP contribution in [0.4, 0.5) is 0 Å². The average molecular weight is 480 g/mol. The summed E-state index contributed by atoms with van der Waals surface area (Å²) in [6.07, 6.45) is 3.18. The summed E-state index contributed by atoms with van der Waals surface area (Å²) in [5.74, 6) is 1.37. The normalized spacial score (nSPS) is 11.2. The van der Waals surface area contributed by atoms with Gasteiger partial charge >= 0.3 is 5.97 Å². The van der Waals surface area contributed by atoms with E-state index < -0.39 is 5.97 Å². The minimum absolute atomic E-state index is 0.218. The van der Waals surface area contributed by atoms with Gasteiger partial charge in [-0.15, -0.1) is 11.3 Å². The summed E-state index contributed by atoms with van der Waals surface area (Å²) in [7, 11) is 1.31. The van der Waals surface area contributed by atoms with E-state index >= 15 is 0 Å². The van der Waals surface area contributed by atoms with Gasteiger partial charge in [-0.25, -0.2) is 14.8 Å². The Kier molecular flexibility index (Phi) is 5.84. The SMILES string of the molecule is COC(=O)c1ccc2c(=O)n(Cc3ccco3)c(SCc3csc(-c4ccco4)n3)nc2c1. The van der Waals surface area contributed by atoms with Crippen molar-refractivity contribution in [2.45, 2.75) is 17.5 Å². The van der Waals surface area contributed by atoms with E-state index in [9.17, 15) is 9.59 Å². The molecule has 0 radical (unpaired) electrons. The van der Waals surface area contributed by atoms with Crippen molar-refractivity contribution in [2.24, 2.45) is 0 Å². The Balaban J connectivity index is 1.51. The molecule has 0 bridgehead atoms. The third kappa shape index (κ3) is 4.35. The first-order valence-corrected chi connectivity index (χ1v) is 11.8. The molecule has 0 aliphatic heterocycles. The van der Waals surface area contributed by atoms with Crippen LogP contribution >= 0.6 is 23.1 Å². The number of thiazole rings is 1. The lowest BCUT2D eigenvalue weighted by Crippen LogP contribution is -2.24. The molecule has 5 rings (SSSR count). The lowest BCUT2D eigenvalue weighted by molar-refractivity contribution is 0.0601. The third-order valence-electron chi connectivity index (χ3n) is 4.87. The van der Waals surface area contributed by atoms with Crippen LogP contribution in [0.5, 0.6) is 0 Å². The standard InChI is InChI=1S/C23H17N3O5S2/c1-29-22(28)14-6-7-17-18(10-14)25-23(26(21(17)27)11-16-4-2-8-30-16)33-13-15-12-32-20(24-15)19-5-3-9-31-19/h2-10,12H,11,13H2,1H3. The molecule has 33 heavy (non-hydrogen) atoms. The van der Waals surface area contributed by atoms with Crippen LogP contribution in [0.15, 0.2) is 79.2 Å². The van der Waals surface area contributed by atoms with Gasteiger partial charge in [-0.05, 0) is 42.5 Å². The van der Waals surface area contributed by atoms with E-state index in [1.54, 1.807) is 41.4 Å². The van der Waals surface area contributed by atoms with Gasteiger partial charge in [0.1, 0.15) is 5.76 Å². The van der Waals surface area contributed by atoms with Gasteiger partial charge in [0.2, 0.25) is 0 Å². The van der Waals surface area contributed by atoms with Gasteiger partial charge in [-0.1, -0.05) is 11.8 Å². The van der Waals surface area contributed by atoms with Crippen molar-refractivity contribution in [2.75, 3.05) is 7.11 Å². The van der Waals surface area contributed by atoms with E-state index in [0.717, 1.165) is 10.7 Å². The van der Waals surface area contributed by atoms with Gasteiger partial charge < -0.3 is 13.6 Å². The number of carbonyl (C=O) groups excluding carboxylic acids is 1. The highest BCUT2D eigenvalue weighted by Gasteiger charge is 2.16. The molecule has 0 amide bonds. The molecule has 0 saturated heterocycles. The molecule has 1 aromatic carbocycles. The van der Waals surface area contributed by atoms with Gasteiger partial charge in [0.15, 0.2) is 15.9 Å². The molecule has 0 atom stereocenters. The Morgan fingerprint density at radius 2 is 2.00 bits per heavy atom. The number of methoxy groups -OCH3 is 1. The first-order chi connectivity index (χ1) is 16.1. The van der Waals surface area contributed by atoms with Crippen molar-refractivity contribution < 1.29 is 18.4 Å². The summed E-state index contributed by atoms with van der Waals surface area (Å²) in [5.41, 5.74) is 1.39. The predicted molar refractivity (Wildman–Crippen MR) is 125 cm³/mol. The molecular weight excluding hydrogens is 462 g/mol. The molecular formula is C23H17N3O5S2. The van der Waals surface area contributed by atoms with E-state index in [4.69, 9.17) is 18.6 Å². The van der Waals surface area contributed by atoms with Crippen molar-refractivity contribution >= 4 is 40.0 Å². The van der Waals surface area contributed by atoms with Crippen LogP contribution < -0.4 is 5.56 Å². The Hall–Kier alpha value is -3.63. The van der Waals surface area contributed by atoms with E-state index in [-0.39, 0.29) is 12.1 Å². The quantitative estimate of drug-likeness (QED) is 0.186. The number of nitrogens with zero attached hydrogens (tertiary/aromatic N) is 3. The molecule has 166 valence electrons. The van der Waals surface area contributed by atoms with Crippen molar-refractivity contribution in [3.63, 3.8) is 0 Å². The number of hydrogen-bond acceptors (Lipinski definition) is 9. The van der Waals surface area contributed by atoms with E-state index in [1.807, 2.05) is 23.6 Å². The number of carbonyl (C=O) groups is 1. The number of aromatic nitrogens is 3. The minimum Gasteiger partial charge on any atom is -0.467 e. The second kappa shape index (κ2) is 9.08. The number of benzene rings is 1. The lowest BCUT2D eigenvalue weighted by Gasteiger charge is -2.12. The lowest BCUT2D eigenvalue weighted by atomic mass is 10.1. The maximum Gasteiger partial charge on any atom is 0.337 e. The number of rotatable bonds is 7. The first kappa shape index (κ1) is 21.2. The molecule has 4 aromatic heterocycles. The number of furan rings is 2. The van der Waals surface area contributed by atoms with Crippen LogP contribution in [0.1, 0.15) is 21.8 Å². The van der Waals surface area contributed by atoms with E-state index in [1.165, 1.54) is 30.2 Å². The highest BCUT2D eigenvalue weighted by molar-refractivity contribution is 7.98. The Morgan fingerprint density at radius 1 is 1.15 bits per heavy atom. The number of thioether (sulfide) groups is 1. The van der Waals surface area contributed by atoms with Gasteiger partial charge in [0, 0.05) is 11.1 Å². The van der Waals surface area contributed by atoms with Crippen LogP contribution in [0.3, 0.4) is 0 Å². The van der Waals surface area contributed by atoms with Gasteiger partial charge in [-0.2, -0.15) is 0 Å². The molecule has 4 heterocycles. The topological polar surface area (TPSA) is 100 Å². The number of esters is 1. The summed E-state index contributed by atoms with van der Waals surface area (Å²) in [6, 6.07) is 12.0. The minimum atomic E-state index is -0.486. The predicted octanol–water partition coefficient (Wildman–Crippen LogP) is 4.83. The van der Waals surface area contributed by atoms with Gasteiger partial charge in [0.25, 0.3) is 5.56 Å². The van der Waals surface area contributed by atoms with Crippen molar-refractivity contribution in [3.05, 3.63) is 87.7 Å². The molecule has 0 spiro atoms. The van der Waals surface area contributed by atoms with Crippen LogP contribution in [0.2, 0.25) is 0 Å². The molecule has 10 heteroatoms. The van der Waals surface area contributed by atoms with Crippen molar-refractivity contribution in [3.8, 4) is 10.8 Å². The Bertz CT molecular complexity index is 1470. The van der Waals surface area contributed by atoms with Crippen molar-refractivity contribution in [1.29, 1.82) is 0 Å². The average Bonchev–Trinajstić information content (AvgIpc) is 3.61. The zero-order valence-electron chi connectivity index (χ0n) is 17.4. The molecule has 0 unspecified atom stereocenters. The highest BCUT2D eigenvalue weighted by Crippen LogP contribution is 2.28. The Labute approximate surface area is 195 Å². The first-order valence-electron chi connectivity index (χ1n) is 9.89. The zero-order chi connectivity index (χ0) is 22.8. The van der Waals surface area contributed by atoms with Crippen LogP contribution in [0, 0.1) is 0 Å². The fourth-order valence-corrected chi connectivity index (χ4v) is 5.06. The summed E-state index contributed by atoms with van der Waals surface area (Å²) < 4.78 is 17.2. The number of fused-ring (bicyclic) bond motifs is 1. The summed E-state index contributed by atoms with van der Waals surface area (Å²) in [6.45, 7) is 0.241. The largest absolute Gasteiger partial charge is 0.467 e. The molecule has 0 fully saturated rings. The van der Waals surface area contributed by atoms with Crippen LogP contribution in [0.25, 0.3) is 21.7 Å². The Morgan fingerprint density at radius 3 is 2.76 bits per heavy atom. The second-order valence-electron chi connectivity index (χ2n) is 7.00. The maximum atomic E-state index is 13.3. The molecule has 0 saturated carbocycles. The summed E-state index contributed by atoms with van der Waals surface area (Å²) in [4.78, 5) is 34.6. The summed E-state index contributed by atoms with van der Waals surface area (Å²) >= 11 is 2.88. The molecule has 0 N–H and O–H groups in total. The summed E-state index contributed by atoms with van der Waals surface area (Å²) in [5, 5.41) is 3.65. The van der Waals surface area contributed by atoms with E-state index in [2.05, 4.69) is 4.98 Å². The molecule has 5 aromatic rings. The molecule has 0 aliphatic rings. The molecule has 8 nitrogen and oxygen atoms in total. The number of hydrogen-bond donors (Lipinski definition) is 0. The fourth-order valence-electron chi connectivity index (χ4n) is 3.28. The van der Waals surface area contributed by atoms with Crippen LogP contribution in [-0.4, -0.2) is 27.6 Å². The molecule has 0 aliphatic carbocycles. The highest BCUT2D eigenvalue weighted by atomic mass is 32.2.